The van der Waals surface area contributed by atoms with Crippen LogP contribution < -0.4 is 5.73 Å². The van der Waals surface area contributed by atoms with Gasteiger partial charge in [-0.05, 0) is 33.4 Å². The lowest BCUT2D eigenvalue weighted by atomic mass is 10.1. The van der Waals surface area contributed by atoms with Gasteiger partial charge in [-0.3, -0.25) is 4.90 Å². The Bertz CT molecular complexity index is 193. The van der Waals surface area contributed by atoms with Crippen LogP contribution in [0.5, 0.6) is 0 Å². The van der Waals surface area contributed by atoms with Crippen LogP contribution in [0.2, 0.25) is 0 Å². The maximum absolute atomic E-state index is 6.13. The predicted molar refractivity (Wildman–Crippen MR) is 59.3 cm³/mol. The first-order valence-electron chi connectivity index (χ1n) is 5.84. The van der Waals surface area contributed by atoms with E-state index in [1.54, 1.807) is 0 Å². The average Bonchev–Trinajstić information content (AvgIpc) is 2.71. The predicted octanol–water partition coefficient (Wildman–Crippen LogP) is 0.502. The standard InChI is InChI=1S/C11H23N3/c1-13(2)9-6-7-14(8-9)11-5-3-4-10(11)12/h9-11H,3-8,12H2,1-2H3. The van der Waals surface area contributed by atoms with Crippen molar-refractivity contribution in [3.05, 3.63) is 0 Å². The first-order chi connectivity index (χ1) is 6.68. The smallest absolute Gasteiger partial charge is 0.0247 e. The van der Waals surface area contributed by atoms with E-state index in [9.17, 15) is 0 Å². The molecule has 0 bridgehead atoms. The fourth-order valence-electron chi connectivity index (χ4n) is 2.91. The van der Waals surface area contributed by atoms with Gasteiger partial charge in [0, 0.05) is 31.2 Å². The van der Waals surface area contributed by atoms with Gasteiger partial charge in [0.05, 0.1) is 0 Å². The van der Waals surface area contributed by atoms with Crippen molar-refractivity contribution in [3.8, 4) is 0 Å². The van der Waals surface area contributed by atoms with E-state index >= 15 is 0 Å². The minimum absolute atomic E-state index is 0.441. The Morgan fingerprint density at radius 1 is 1.21 bits per heavy atom. The first kappa shape index (κ1) is 10.4. The third-order valence-corrected chi connectivity index (χ3v) is 3.93. The summed E-state index contributed by atoms with van der Waals surface area (Å²) in [5, 5.41) is 0. The molecule has 1 heterocycles. The van der Waals surface area contributed by atoms with Crippen LogP contribution in [-0.2, 0) is 0 Å². The third-order valence-electron chi connectivity index (χ3n) is 3.93. The monoisotopic (exact) mass is 197 g/mol. The number of likely N-dealkylation sites (N-methyl/N-ethyl adjacent to an activating group) is 1. The maximum atomic E-state index is 6.13. The quantitative estimate of drug-likeness (QED) is 0.700. The van der Waals surface area contributed by atoms with Crippen molar-refractivity contribution < 1.29 is 0 Å². The molecule has 1 saturated heterocycles. The Morgan fingerprint density at radius 2 is 2.00 bits per heavy atom. The normalized spacial score (nSPS) is 39.9. The molecular weight excluding hydrogens is 174 g/mol. The second-order valence-corrected chi connectivity index (χ2v) is 5.06. The summed E-state index contributed by atoms with van der Waals surface area (Å²) in [4.78, 5) is 4.96. The van der Waals surface area contributed by atoms with Crippen molar-refractivity contribution in [2.45, 2.75) is 43.8 Å². The molecule has 82 valence electrons. The zero-order valence-corrected chi connectivity index (χ0v) is 9.45. The van der Waals surface area contributed by atoms with E-state index in [0.29, 0.717) is 12.1 Å². The number of likely N-dealkylation sites (tertiary alicyclic amines) is 1. The van der Waals surface area contributed by atoms with Gasteiger partial charge in [-0.15, -0.1) is 0 Å². The van der Waals surface area contributed by atoms with Crippen molar-refractivity contribution in [2.75, 3.05) is 27.2 Å². The van der Waals surface area contributed by atoms with E-state index in [1.807, 2.05) is 0 Å². The van der Waals surface area contributed by atoms with Crippen LogP contribution in [0.1, 0.15) is 25.7 Å². The number of nitrogens with two attached hydrogens (primary N) is 1. The fraction of sp³-hybridized carbons (Fsp3) is 1.00. The van der Waals surface area contributed by atoms with Gasteiger partial charge in [0.25, 0.3) is 0 Å². The van der Waals surface area contributed by atoms with Crippen LogP contribution in [0.25, 0.3) is 0 Å². The van der Waals surface area contributed by atoms with E-state index in [0.717, 1.165) is 6.04 Å². The van der Waals surface area contributed by atoms with Crippen molar-refractivity contribution in [2.24, 2.45) is 5.73 Å². The second kappa shape index (κ2) is 4.17. The SMILES string of the molecule is CN(C)C1CCN(C2CCCC2N)C1. The van der Waals surface area contributed by atoms with Crippen molar-refractivity contribution in [1.82, 2.24) is 9.80 Å². The molecule has 1 aliphatic carbocycles. The van der Waals surface area contributed by atoms with Gasteiger partial charge in [0.1, 0.15) is 0 Å². The van der Waals surface area contributed by atoms with Crippen LogP contribution in [0.3, 0.4) is 0 Å². The molecule has 1 aliphatic heterocycles. The molecule has 2 rings (SSSR count). The molecule has 3 heteroatoms. The summed E-state index contributed by atoms with van der Waals surface area (Å²) >= 11 is 0. The fourth-order valence-corrected chi connectivity index (χ4v) is 2.91. The topological polar surface area (TPSA) is 32.5 Å². The number of hydrogen-bond donors (Lipinski definition) is 1. The van der Waals surface area contributed by atoms with Gasteiger partial charge in [-0.1, -0.05) is 6.42 Å². The number of rotatable bonds is 2. The molecule has 0 amide bonds. The molecule has 2 fully saturated rings. The summed E-state index contributed by atoms with van der Waals surface area (Å²) in [6.45, 7) is 2.48. The molecule has 0 radical (unpaired) electrons. The zero-order valence-electron chi connectivity index (χ0n) is 9.45. The first-order valence-corrected chi connectivity index (χ1v) is 5.84. The molecule has 1 saturated carbocycles. The summed E-state index contributed by atoms with van der Waals surface area (Å²) in [5.41, 5.74) is 6.13. The highest BCUT2D eigenvalue weighted by molar-refractivity contribution is 4.93. The lowest BCUT2D eigenvalue weighted by Crippen LogP contribution is -2.44. The van der Waals surface area contributed by atoms with E-state index in [4.69, 9.17) is 5.73 Å². The molecular formula is C11H23N3. The van der Waals surface area contributed by atoms with Crippen LogP contribution in [0.4, 0.5) is 0 Å². The van der Waals surface area contributed by atoms with E-state index in [-0.39, 0.29) is 0 Å². The van der Waals surface area contributed by atoms with Gasteiger partial charge in [-0.25, -0.2) is 0 Å². The maximum Gasteiger partial charge on any atom is 0.0247 e. The Morgan fingerprint density at radius 3 is 2.50 bits per heavy atom. The molecule has 3 nitrogen and oxygen atoms in total. The minimum Gasteiger partial charge on any atom is -0.326 e. The van der Waals surface area contributed by atoms with E-state index in [1.165, 1.54) is 38.8 Å². The molecule has 0 aromatic carbocycles. The third kappa shape index (κ3) is 1.95. The Balaban J connectivity index is 1.88. The molecule has 14 heavy (non-hydrogen) atoms. The highest BCUT2D eigenvalue weighted by atomic mass is 15.3. The highest BCUT2D eigenvalue weighted by Gasteiger charge is 2.34. The van der Waals surface area contributed by atoms with Crippen molar-refractivity contribution in [1.29, 1.82) is 0 Å². The second-order valence-electron chi connectivity index (χ2n) is 5.06. The van der Waals surface area contributed by atoms with Crippen LogP contribution in [0.15, 0.2) is 0 Å². The Labute approximate surface area is 87.2 Å². The van der Waals surface area contributed by atoms with Crippen LogP contribution in [-0.4, -0.2) is 55.1 Å². The Hall–Kier alpha value is -0.120. The van der Waals surface area contributed by atoms with E-state index < -0.39 is 0 Å². The molecule has 0 aromatic heterocycles. The lowest BCUT2D eigenvalue weighted by Gasteiger charge is -2.28. The average molecular weight is 197 g/mol. The van der Waals surface area contributed by atoms with Crippen molar-refractivity contribution in [3.63, 3.8) is 0 Å². The highest BCUT2D eigenvalue weighted by Crippen LogP contribution is 2.26. The van der Waals surface area contributed by atoms with Gasteiger partial charge in [-0.2, -0.15) is 0 Å². The van der Waals surface area contributed by atoms with E-state index in [2.05, 4.69) is 23.9 Å². The molecule has 0 aromatic rings. The number of nitrogens with zero attached hydrogens (tertiary/aromatic N) is 2. The minimum atomic E-state index is 0.441. The summed E-state index contributed by atoms with van der Waals surface area (Å²) in [7, 11) is 4.37. The largest absolute Gasteiger partial charge is 0.326 e. The molecule has 3 atom stereocenters. The molecule has 3 unspecified atom stereocenters. The van der Waals surface area contributed by atoms with Gasteiger partial charge in [0.15, 0.2) is 0 Å². The van der Waals surface area contributed by atoms with Crippen molar-refractivity contribution >= 4 is 0 Å². The molecule has 2 aliphatic rings. The van der Waals surface area contributed by atoms with Gasteiger partial charge >= 0.3 is 0 Å². The lowest BCUT2D eigenvalue weighted by molar-refractivity contribution is 0.205. The van der Waals surface area contributed by atoms with Gasteiger partial charge in [0.2, 0.25) is 0 Å². The molecule has 2 N–H and O–H groups in total. The van der Waals surface area contributed by atoms with Crippen LogP contribution >= 0.6 is 0 Å². The summed E-state index contributed by atoms with van der Waals surface area (Å²) < 4.78 is 0. The van der Waals surface area contributed by atoms with Gasteiger partial charge < -0.3 is 10.6 Å². The summed E-state index contributed by atoms with van der Waals surface area (Å²) in [5.74, 6) is 0. The van der Waals surface area contributed by atoms with Crippen LogP contribution in [0, 0.1) is 0 Å². The number of hydrogen-bond acceptors (Lipinski definition) is 3. The molecule has 0 spiro atoms. The summed E-state index contributed by atoms with van der Waals surface area (Å²) in [6.07, 6.45) is 5.19. The Kier molecular flexibility index (Phi) is 3.10. The summed E-state index contributed by atoms with van der Waals surface area (Å²) in [6, 6.07) is 1.87. The zero-order chi connectivity index (χ0) is 10.1.